The average Bonchev–Trinajstić information content (AvgIpc) is 2.55. The Morgan fingerprint density at radius 2 is 1.76 bits per heavy atom. The van der Waals surface area contributed by atoms with Crippen LogP contribution in [0.15, 0.2) is 30.3 Å². The van der Waals surface area contributed by atoms with Crippen molar-refractivity contribution in [2.45, 2.75) is 51.9 Å². The van der Waals surface area contributed by atoms with Crippen LogP contribution in [0.5, 0.6) is 0 Å². The van der Waals surface area contributed by atoms with Gasteiger partial charge in [-0.15, -0.1) is 0 Å². The molecule has 2 amide bonds. The molecule has 0 saturated heterocycles. The largest absolute Gasteiger partial charge is 0.460 e. The molecule has 0 fully saturated rings. The van der Waals surface area contributed by atoms with Crippen molar-refractivity contribution in [1.82, 2.24) is 10.6 Å². The van der Waals surface area contributed by atoms with Gasteiger partial charge in [-0.1, -0.05) is 30.3 Å². The lowest BCUT2D eigenvalue weighted by molar-refractivity contribution is -0.155. The number of hydrogen-bond acceptors (Lipinski definition) is 5. The Labute approximate surface area is 148 Å². The molecule has 0 aliphatic rings. The van der Waals surface area contributed by atoms with Crippen molar-refractivity contribution in [2.75, 3.05) is 7.05 Å². The van der Waals surface area contributed by atoms with Crippen LogP contribution in [0, 0.1) is 0 Å². The summed E-state index contributed by atoms with van der Waals surface area (Å²) in [6, 6.07) is 8.32. The summed E-state index contributed by atoms with van der Waals surface area (Å²) in [4.78, 5) is 35.5. The van der Waals surface area contributed by atoms with Gasteiger partial charge in [-0.25, -0.2) is 4.79 Å². The van der Waals surface area contributed by atoms with Crippen molar-refractivity contribution < 1.29 is 23.9 Å². The van der Waals surface area contributed by atoms with Gasteiger partial charge in [0.05, 0.1) is 0 Å². The van der Waals surface area contributed by atoms with Crippen molar-refractivity contribution >= 4 is 18.0 Å². The number of rotatable bonds is 7. The fraction of sp³-hybridized carbons (Fsp3) is 0.500. The third-order valence-electron chi connectivity index (χ3n) is 3.12. The molecule has 1 unspecified atom stereocenters. The standard InChI is InChI=1S/C18H26N2O5/c1-18(2,3)25-15(21)11-10-14(16(22)19-4)20-17(23)24-12-13-8-6-5-7-9-13/h5-9,14H,10-12H2,1-4H3,(H,19,22)(H,20,23). The quantitative estimate of drug-likeness (QED) is 0.735. The van der Waals surface area contributed by atoms with Crippen LogP contribution in [0.25, 0.3) is 0 Å². The van der Waals surface area contributed by atoms with Crippen LogP contribution in [-0.2, 0) is 25.7 Å². The van der Waals surface area contributed by atoms with Gasteiger partial charge in [0.15, 0.2) is 0 Å². The van der Waals surface area contributed by atoms with Gasteiger partial charge in [-0.3, -0.25) is 9.59 Å². The van der Waals surface area contributed by atoms with Crippen molar-refractivity contribution in [3.8, 4) is 0 Å². The lowest BCUT2D eigenvalue weighted by Gasteiger charge is -2.21. The number of hydrogen-bond donors (Lipinski definition) is 2. The Morgan fingerprint density at radius 1 is 1.12 bits per heavy atom. The van der Waals surface area contributed by atoms with Gasteiger partial charge < -0.3 is 20.1 Å². The average molecular weight is 350 g/mol. The number of carbonyl (C=O) groups excluding carboxylic acids is 3. The summed E-state index contributed by atoms with van der Waals surface area (Å²) in [5.41, 5.74) is 0.240. The van der Waals surface area contributed by atoms with Crippen LogP contribution < -0.4 is 10.6 Å². The van der Waals surface area contributed by atoms with E-state index in [0.717, 1.165) is 5.56 Å². The van der Waals surface area contributed by atoms with Crippen LogP contribution in [0.2, 0.25) is 0 Å². The first kappa shape index (κ1) is 20.5. The minimum absolute atomic E-state index is 0.00826. The van der Waals surface area contributed by atoms with E-state index in [4.69, 9.17) is 9.47 Å². The lowest BCUT2D eigenvalue weighted by Crippen LogP contribution is -2.46. The molecule has 0 aliphatic carbocycles. The van der Waals surface area contributed by atoms with Gasteiger partial charge in [0.1, 0.15) is 18.2 Å². The Hall–Kier alpha value is -2.57. The Kier molecular flexibility index (Phi) is 7.91. The maximum atomic E-state index is 11.9. The number of carbonyl (C=O) groups is 3. The zero-order valence-corrected chi connectivity index (χ0v) is 15.1. The second kappa shape index (κ2) is 9.66. The van der Waals surface area contributed by atoms with E-state index in [9.17, 15) is 14.4 Å². The third kappa shape index (κ3) is 8.74. The predicted octanol–water partition coefficient (Wildman–Crippen LogP) is 2.15. The molecular weight excluding hydrogens is 324 g/mol. The zero-order valence-electron chi connectivity index (χ0n) is 15.1. The highest BCUT2D eigenvalue weighted by atomic mass is 16.6. The number of nitrogens with one attached hydrogen (secondary N) is 2. The summed E-state index contributed by atoms with van der Waals surface area (Å²) in [5.74, 6) is -0.832. The molecule has 25 heavy (non-hydrogen) atoms. The summed E-state index contributed by atoms with van der Waals surface area (Å²) in [5, 5.41) is 4.93. The minimum Gasteiger partial charge on any atom is -0.460 e. The van der Waals surface area contributed by atoms with Crippen LogP contribution in [0.4, 0.5) is 4.79 Å². The van der Waals surface area contributed by atoms with Gasteiger partial charge in [0.25, 0.3) is 0 Å². The summed E-state index contributed by atoms with van der Waals surface area (Å²) < 4.78 is 10.3. The summed E-state index contributed by atoms with van der Waals surface area (Å²) in [7, 11) is 1.46. The van der Waals surface area contributed by atoms with Crippen LogP contribution in [0.1, 0.15) is 39.2 Å². The molecule has 1 aromatic carbocycles. The summed E-state index contributed by atoms with van der Waals surface area (Å²) in [6.45, 7) is 5.39. The highest BCUT2D eigenvalue weighted by Crippen LogP contribution is 2.10. The lowest BCUT2D eigenvalue weighted by atomic mass is 10.1. The number of esters is 1. The van der Waals surface area contributed by atoms with Gasteiger partial charge in [-0.2, -0.15) is 0 Å². The van der Waals surface area contributed by atoms with Crippen molar-refractivity contribution in [3.63, 3.8) is 0 Å². The molecule has 0 aromatic heterocycles. The zero-order chi connectivity index (χ0) is 18.9. The first-order valence-electron chi connectivity index (χ1n) is 8.12. The molecule has 0 spiro atoms. The van der Waals surface area contributed by atoms with E-state index in [-0.39, 0.29) is 19.4 Å². The molecule has 2 N–H and O–H groups in total. The highest BCUT2D eigenvalue weighted by molar-refractivity contribution is 5.86. The molecular formula is C18H26N2O5. The molecule has 7 heteroatoms. The number of benzene rings is 1. The van der Waals surface area contributed by atoms with E-state index in [1.165, 1.54) is 7.05 Å². The summed E-state index contributed by atoms with van der Waals surface area (Å²) >= 11 is 0. The normalized spacial score (nSPS) is 12.0. The molecule has 7 nitrogen and oxygen atoms in total. The van der Waals surface area contributed by atoms with Crippen molar-refractivity contribution in [1.29, 1.82) is 0 Å². The van der Waals surface area contributed by atoms with E-state index in [0.29, 0.717) is 0 Å². The van der Waals surface area contributed by atoms with E-state index < -0.39 is 29.6 Å². The van der Waals surface area contributed by atoms with Crippen LogP contribution >= 0.6 is 0 Å². The second-order valence-corrected chi connectivity index (χ2v) is 6.50. The topological polar surface area (TPSA) is 93.7 Å². The molecule has 138 valence electrons. The van der Waals surface area contributed by atoms with Gasteiger partial charge in [0.2, 0.25) is 5.91 Å². The predicted molar refractivity (Wildman–Crippen MR) is 92.7 cm³/mol. The number of alkyl carbamates (subject to hydrolysis) is 1. The number of ether oxygens (including phenoxy) is 2. The van der Waals surface area contributed by atoms with Crippen molar-refractivity contribution in [2.24, 2.45) is 0 Å². The fourth-order valence-electron chi connectivity index (χ4n) is 2.00. The monoisotopic (exact) mass is 350 g/mol. The molecule has 0 aliphatic heterocycles. The first-order valence-corrected chi connectivity index (χ1v) is 8.12. The highest BCUT2D eigenvalue weighted by Gasteiger charge is 2.23. The molecule has 1 rings (SSSR count). The van der Waals surface area contributed by atoms with Crippen molar-refractivity contribution in [3.05, 3.63) is 35.9 Å². The molecule has 0 bridgehead atoms. The fourth-order valence-corrected chi connectivity index (χ4v) is 2.00. The van der Waals surface area contributed by atoms with E-state index in [2.05, 4.69) is 10.6 Å². The Bertz CT molecular complexity index is 581. The number of amides is 2. The van der Waals surface area contributed by atoms with Crippen LogP contribution in [0.3, 0.4) is 0 Å². The first-order chi connectivity index (χ1) is 11.7. The Balaban J connectivity index is 2.50. The van der Waals surface area contributed by atoms with Gasteiger partial charge in [0, 0.05) is 13.5 Å². The molecule has 0 heterocycles. The summed E-state index contributed by atoms with van der Waals surface area (Å²) in [6.07, 6.45) is -0.592. The molecule has 1 aromatic rings. The van der Waals surface area contributed by atoms with E-state index in [1.54, 1.807) is 20.8 Å². The van der Waals surface area contributed by atoms with Crippen LogP contribution in [-0.4, -0.2) is 36.7 Å². The van der Waals surface area contributed by atoms with Gasteiger partial charge in [-0.05, 0) is 32.8 Å². The molecule has 1 atom stereocenters. The van der Waals surface area contributed by atoms with E-state index >= 15 is 0 Å². The molecule has 0 radical (unpaired) electrons. The maximum absolute atomic E-state index is 11.9. The third-order valence-corrected chi connectivity index (χ3v) is 3.12. The Morgan fingerprint density at radius 3 is 2.32 bits per heavy atom. The smallest absolute Gasteiger partial charge is 0.408 e. The second-order valence-electron chi connectivity index (χ2n) is 6.50. The molecule has 0 saturated carbocycles. The SMILES string of the molecule is CNC(=O)C(CCC(=O)OC(C)(C)C)NC(=O)OCc1ccccc1. The maximum Gasteiger partial charge on any atom is 0.408 e. The van der Waals surface area contributed by atoms with E-state index in [1.807, 2.05) is 30.3 Å². The van der Waals surface area contributed by atoms with Gasteiger partial charge >= 0.3 is 12.1 Å². The number of likely N-dealkylation sites (N-methyl/N-ethyl adjacent to an activating group) is 1. The minimum atomic E-state index is -0.874.